The third-order valence-corrected chi connectivity index (χ3v) is 3.75. The van der Waals surface area contributed by atoms with Crippen molar-refractivity contribution >= 4 is 5.91 Å². The van der Waals surface area contributed by atoms with Crippen molar-refractivity contribution in [3.8, 4) is 0 Å². The van der Waals surface area contributed by atoms with Gasteiger partial charge in [0.25, 0.3) is 0 Å². The fourth-order valence-electron chi connectivity index (χ4n) is 2.36. The van der Waals surface area contributed by atoms with Crippen LogP contribution < -0.4 is 5.32 Å². The molecule has 110 valence electrons. The summed E-state index contributed by atoms with van der Waals surface area (Å²) < 4.78 is 26.7. The second-order valence-electron chi connectivity index (χ2n) is 5.45. The van der Waals surface area contributed by atoms with Crippen LogP contribution in [0.5, 0.6) is 0 Å². The van der Waals surface area contributed by atoms with Gasteiger partial charge in [-0.3, -0.25) is 4.79 Å². The van der Waals surface area contributed by atoms with Crippen LogP contribution in [0.1, 0.15) is 31.2 Å². The summed E-state index contributed by atoms with van der Waals surface area (Å²) in [5, 5.41) is 11.6. The molecule has 3 unspecified atom stereocenters. The van der Waals surface area contributed by atoms with E-state index in [4.69, 9.17) is 5.11 Å². The first-order valence-electron chi connectivity index (χ1n) is 6.87. The molecule has 2 rings (SSSR count). The molecule has 1 aliphatic carbocycles. The minimum Gasteiger partial charge on any atom is -0.396 e. The van der Waals surface area contributed by atoms with Crippen molar-refractivity contribution in [2.45, 2.75) is 25.7 Å². The maximum atomic E-state index is 13.6. The first kappa shape index (κ1) is 14.9. The van der Waals surface area contributed by atoms with Crippen LogP contribution in [-0.4, -0.2) is 24.2 Å². The Kier molecular flexibility index (Phi) is 4.70. The monoisotopic (exact) mass is 283 g/mol. The van der Waals surface area contributed by atoms with Crippen molar-refractivity contribution in [3.05, 3.63) is 35.4 Å². The fourth-order valence-corrected chi connectivity index (χ4v) is 2.36. The summed E-state index contributed by atoms with van der Waals surface area (Å²) in [5.74, 6) is -2.13. The SMILES string of the molecule is CC(CCO)CNC(=O)C1CC1c1cccc(F)c1F. The van der Waals surface area contributed by atoms with Gasteiger partial charge in [-0.05, 0) is 36.3 Å². The lowest BCUT2D eigenvalue weighted by Crippen LogP contribution is -2.30. The summed E-state index contributed by atoms with van der Waals surface area (Å²) in [6.45, 7) is 2.53. The number of benzene rings is 1. The number of hydrogen-bond donors (Lipinski definition) is 2. The second-order valence-corrected chi connectivity index (χ2v) is 5.45. The minimum absolute atomic E-state index is 0.0948. The summed E-state index contributed by atoms with van der Waals surface area (Å²) in [6, 6.07) is 4.07. The molecule has 0 spiro atoms. The Morgan fingerprint density at radius 1 is 1.50 bits per heavy atom. The van der Waals surface area contributed by atoms with Crippen molar-refractivity contribution in [1.29, 1.82) is 0 Å². The van der Waals surface area contributed by atoms with E-state index in [0.29, 0.717) is 19.4 Å². The van der Waals surface area contributed by atoms with E-state index < -0.39 is 11.6 Å². The van der Waals surface area contributed by atoms with Crippen LogP contribution in [-0.2, 0) is 4.79 Å². The van der Waals surface area contributed by atoms with Crippen LogP contribution in [0.15, 0.2) is 18.2 Å². The highest BCUT2D eigenvalue weighted by molar-refractivity contribution is 5.82. The second kappa shape index (κ2) is 6.31. The van der Waals surface area contributed by atoms with Crippen LogP contribution in [0.3, 0.4) is 0 Å². The summed E-state index contributed by atoms with van der Waals surface area (Å²) in [4.78, 5) is 11.9. The molecule has 0 heterocycles. The Balaban J connectivity index is 1.88. The van der Waals surface area contributed by atoms with E-state index in [-0.39, 0.29) is 35.8 Å². The number of nitrogens with one attached hydrogen (secondary N) is 1. The molecule has 1 amide bonds. The van der Waals surface area contributed by atoms with Crippen molar-refractivity contribution in [1.82, 2.24) is 5.32 Å². The van der Waals surface area contributed by atoms with Gasteiger partial charge in [0, 0.05) is 19.1 Å². The van der Waals surface area contributed by atoms with Crippen LogP contribution in [0.4, 0.5) is 8.78 Å². The molecule has 1 aromatic carbocycles. The van der Waals surface area contributed by atoms with Gasteiger partial charge in [-0.15, -0.1) is 0 Å². The van der Waals surface area contributed by atoms with Gasteiger partial charge in [-0.25, -0.2) is 8.78 Å². The van der Waals surface area contributed by atoms with Crippen LogP contribution in [0.25, 0.3) is 0 Å². The summed E-state index contributed by atoms with van der Waals surface area (Å²) in [5.41, 5.74) is 0.286. The molecule has 20 heavy (non-hydrogen) atoms. The first-order chi connectivity index (χ1) is 9.54. The van der Waals surface area contributed by atoms with E-state index in [2.05, 4.69) is 5.32 Å². The summed E-state index contributed by atoms with van der Waals surface area (Å²) in [6.07, 6.45) is 1.19. The standard InChI is InChI=1S/C15H19F2NO2/c1-9(5-6-19)8-18-15(20)12-7-11(12)10-3-2-4-13(16)14(10)17/h2-4,9,11-12,19H,5-8H2,1H3,(H,18,20). The lowest BCUT2D eigenvalue weighted by molar-refractivity contribution is -0.122. The molecule has 1 aromatic rings. The van der Waals surface area contributed by atoms with Gasteiger partial charge in [-0.2, -0.15) is 0 Å². The van der Waals surface area contributed by atoms with E-state index in [1.54, 1.807) is 0 Å². The van der Waals surface area contributed by atoms with Crippen LogP contribution in [0.2, 0.25) is 0 Å². The van der Waals surface area contributed by atoms with E-state index in [1.807, 2.05) is 6.92 Å². The number of aliphatic hydroxyl groups excluding tert-OH is 1. The number of amides is 1. The summed E-state index contributed by atoms with van der Waals surface area (Å²) >= 11 is 0. The van der Waals surface area contributed by atoms with Gasteiger partial charge < -0.3 is 10.4 Å². The van der Waals surface area contributed by atoms with E-state index in [9.17, 15) is 13.6 Å². The average Bonchev–Trinajstić information content (AvgIpc) is 3.20. The number of hydrogen-bond acceptors (Lipinski definition) is 2. The Hall–Kier alpha value is -1.49. The number of aliphatic hydroxyl groups is 1. The highest BCUT2D eigenvalue weighted by atomic mass is 19.2. The lowest BCUT2D eigenvalue weighted by Gasteiger charge is -2.11. The Labute approximate surface area is 117 Å². The van der Waals surface area contributed by atoms with E-state index in [1.165, 1.54) is 12.1 Å². The molecular weight excluding hydrogens is 264 g/mol. The minimum atomic E-state index is -0.870. The Bertz CT molecular complexity index is 493. The van der Waals surface area contributed by atoms with E-state index in [0.717, 1.165) is 6.07 Å². The van der Waals surface area contributed by atoms with Gasteiger partial charge >= 0.3 is 0 Å². The molecule has 0 aliphatic heterocycles. The molecule has 2 N–H and O–H groups in total. The zero-order valence-electron chi connectivity index (χ0n) is 11.4. The maximum absolute atomic E-state index is 13.6. The van der Waals surface area contributed by atoms with Gasteiger partial charge in [-0.1, -0.05) is 19.1 Å². The topological polar surface area (TPSA) is 49.3 Å². The highest BCUT2D eigenvalue weighted by Gasteiger charge is 2.45. The Morgan fingerprint density at radius 2 is 2.25 bits per heavy atom. The summed E-state index contributed by atoms with van der Waals surface area (Å²) in [7, 11) is 0. The molecule has 1 fully saturated rings. The van der Waals surface area contributed by atoms with Gasteiger partial charge in [0.1, 0.15) is 0 Å². The van der Waals surface area contributed by atoms with Crippen molar-refractivity contribution < 1.29 is 18.7 Å². The number of rotatable bonds is 6. The Morgan fingerprint density at radius 3 is 2.95 bits per heavy atom. The van der Waals surface area contributed by atoms with Crippen LogP contribution in [0, 0.1) is 23.5 Å². The molecule has 3 atom stereocenters. The number of carbonyl (C=O) groups is 1. The normalized spacial score (nSPS) is 22.4. The van der Waals surface area contributed by atoms with Crippen molar-refractivity contribution in [3.63, 3.8) is 0 Å². The smallest absolute Gasteiger partial charge is 0.223 e. The zero-order chi connectivity index (χ0) is 14.7. The molecule has 3 nitrogen and oxygen atoms in total. The predicted molar refractivity (Wildman–Crippen MR) is 71.1 cm³/mol. The molecule has 0 radical (unpaired) electrons. The largest absolute Gasteiger partial charge is 0.396 e. The number of halogens is 2. The molecule has 0 aromatic heterocycles. The maximum Gasteiger partial charge on any atom is 0.223 e. The third kappa shape index (κ3) is 3.33. The molecule has 5 heteroatoms. The molecule has 0 saturated heterocycles. The lowest BCUT2D eigenvalue weighted by atomic mass is 10.1. The highest BCUT2D eigenvalue weighted by Crippen LogP contribution is 2.48. The van der Waals surface area contributed by atoms with Gasteiger partial charge in [0.15, 0.2) is 11.6 Å². The first-order valence-corrected chi connectivity index (χ1v) is 6.87. The van der Waals surface area contributed by atoms with Crippen LogP contribution >= 0.6 is 0 Å². The van der Waals surface area contributed by atoms with E-state index >= 15 is 0 Å². The average molecular weight is 283 g/mol. The molecular formula is C15H19F2NO2. The molecule has 1 aliphatic rings. The number of carbonyl (C=O) groups excluding carboxylic acids is 1. The van der Waals surface area contributed by atoms with Gasteiger partial charge in [0.2, 0.25) is 5.91 Å². The van der Waals surface area contributed by atoms with Gasteiger partial charge in [0.05, 0.1) is 0 Å². The molecule has 1 saturated carbocycles. The van der Waals surface area contributed by atoms with Crippen molar-refractivity contribution in [2.75, 3.05) is 13.2 Å². The third-order valence-electron chi connectivity index (χ3n) is 3.75. The quantitative estimate of drug-likeness (QED) is 0.841. The van der Waals surface area contributed by atoms with Crippen molar-refractivity contribution in [2.24, 2.45) is 11.8 Å². The molecule has 0 bridgehead atoms. The fraction of sp³-hybridized carbons (Fsp3) is 0.533. The predicted octanol–water partition coefficient (Wildman–Crippen LogP) is 2.20. The zero-order valence-corrected chi connectivity index (χ0v) is 11.4.